The average molecular weight is 278 g/mol. The van der Waals surface area contributed by atoms with Crippen molar-refractivity contribution in [1.82, 2.24) is 9.97 Å². The molecule has 112 valence electrons. The van der Waals surface area contributed by atoms with Gasteiger partial charge in [-0.1, -0.05) is 13.3 Å². The van der Waals surface area contributed by atoms with E-state index in [4.69, 9.17) is 4.74 Å². The lowest BCUT2D eigenvalue weighted by molar-refractivity contribution is 0.0699. The molecule has 2 heterocycles. The van der Waals surface area contributed by atoms with Gasteiger partial charge in [-0.2, -0.15) is 0 Å². The zero-order valence-corrected chi connectivity index (χ0v) is 12.6. The first-order chi connectivity index (χ1) is 9.85. The standard InChI is InChI=1S/C15H26N4O/c1-3-5-13-14(16-4-2)18-11-19-15(13)17-10-12-6-8-20-9-7-12/h11-12H,3-10H2,1-2H3,(H2,16,17,18,19). The molecule has 5 heteroatoms. The van der Waals surface area contributed by atoms with Gasteiger partial charge in [-0.25, -0.2) is 9.97 Å². The normalized spacial score (nSPS) is 16.1. The second-order valence-electron chi connectivity index (χ2n) is 5.27. The van der Waals surface area contributed by atoms with E-state index in [1.807, 2.05) is 0 Å². The Bertz CT molecular complexity index is 405. The minimum atomic E-state index is 0.691. The van der Waals surface area contributed by atoms with E-state index in [0.717, 1.165) is 63.6 Å². The van der Waals surface area contributed by atoms with E-state index in [-0.39, 0.29) is 0 Å². The molecule has 1 saturated heterocycles. The molecular weight excluding hydrogens is 252 g/mol. The molecule has 0 radical (unpaired) electrons. The number of rotatable bonds is 7. The summed E-state index contributed by atoms with van der Waals surface area (Å²) in [5, 5.41) is 6.85. The van der Waals surface area contributed by atoms with Crippen LogP contribution in [0.4, 0.5) is 11.6 Å². The van der Waals surface area contributed by atoms with E-state index in [9.17, 15) is 0 Å². The molecule has 0 aliphatic carbocycles. The molecule has 0 atom stereocenters. The summed E-state index contributed by atoms with van der Waals surface area (Å²) < 4.78 is 5.40. The second kappa shape index (κ2) is 8.04. The topological polar surface area (TPSA) is 59.1 Å². The fraction of sp³-hybridized carbons (Fsp3) is 0.733. The fourth-order valence-electron chi connectivity index (χ4n) is 2.56. The summed E-state index contributed by atoms with van der Waals surface area (Å²) in [5.41, 5.74) is 1.21. The van der Waals surface area contributed by atoms with Crippen molar-refractivity contribution in [3.8, 4) is 0 Å². The molecule has 0 saturated carbocycles. The van der Waals surface area contributed by atoms with E-state index in [2.05, 4.69) is 34.4 Å². The van der Waals surface area contributed by atoms with Crippen LogP contribution in [0.2, 0.25) is 0 Å². The van der Waals surface area contributed by atoms with Crippen LogP contribution in [0.3, 0.4) is 0 Å². The summed E-state index contributed by atoms with van der Waals surface area (Å²) in [6.45, 7) is 7.91. The van der Waals surface area contributed by atoms with Crippen LogP contribution in [0, 0.1) is 5.92 Å². The first kappa shape index (κ1) is 15.0. The van der Waals surface area contributed by atoms with Gasteiger partial charge in [0.05, 0.1) is 0 Å². The molecule has 2 rings (SSSR count). The summed E-state index contributed by atoms with van der Waals surface area (Å²) in [7, 11) is 0. The van der Waals surface area contributed by atoms with Crippen molar-refractivity contribution in [2.75, 3.05) is 36.9 Å². The van der Waals surface area contributed by atoms with Crippen molar-refractivity contribution in [2.24, 2.45) is 5.92 Å². The van der Waals surface area contributed by atoms with Crippen molar-refractivity contribution in [2.45, 2.75) is 39.5 Å². The van der Waals surface area contributed by atoms with Crippen LogP contribution in [-0.4, -0.2) is 36.3 Å². The summed E-state index contributed by atoms with van der Waals surface area (Å²) in [4.78, 5) is 8.79. The molecule has 1 aliphatic rings. The number of anilines is 2. The van der Waals surface area contributed by atoms with Gasteiger partial charge in [0.25, 0.3) is 0 Å². The number of ether oxygens (including phenoxy) is 1. The molecule has 0 unspecified atom stereocenters. The van der Waals surface area contributed by atoms with Gasteiger partial charge in [0, 0.05) is 31.9 Å². The Balaban J connectivity index is 2.02. The zero-order valence-electron chi connectivity index (χ0n) is 12.6. The highest BCUT2D eigenvalue weighted by Crippen LogP contribution is 2.23. The second-order valence-corrected chi connectivity index (χ2v) is 5.27. The lowest BCUT2D eigenvalue weighted by atomic mass is 10.0. The quantitative estimate of drug-likeness (QED) is 0.803. The van der Waals surface area contributed by atoms with Crippen molar-refractivity contribution in [3.05, 3.63) is 11.9 Å². The molecule has 1 aliphatic heterocycles. The maximum atomic E-state index is 5.40. The molecular formula is C15H26N4O. The highest BCUT2D eigenvalue weighted by atomic mass is 16.5. The van der Waals surface area contributed by atoms with Gasteiger partial charge in [-0.15, -0.1) is 0 Å². The Morgan fingerprint density at radius 1 is 1.15 bits per heavy atom. The predicted molar refractivity (Wildman–Crippen MR) is 82.2 cm³/mol. The highest BCUT2D eigenvalue weighted by Gasteiger charge is 2.15. The van der Waals surface area contributed by atoms with Crippen LogP contribution in [0.5, 0.6) is 0 Å². The van der Waals surface area contributed by atoms with E-state index >= 15 is 0 Å². The van der Waals surface area contributed by atoms with Gasteiger partial charge in [-0.05, 0) is 32.1 Å². The fourth-order valence-corrected chi connectivity index (χ4v) is 2.56. The van der Waals surface area contributed by atoms with Crippen LogP contribution in [-0.2, 0) is 11.2 Å². The number of nitrogens with zero attached hydrogens (tertiary/aromatic N) is 2. The Kier molecular flexibility index (Phi) is 6.05. The lowest BCUT2D eigenvalue weighted by Crippen LogP contribution is -2.23. The number of hydrogen-bond donors (Lipinski definition) is 2. The smallest absolute Gasteiger partial charge is 0.134 e. The van der Waals surface area contributed by atoms with Crippen molar-refractivity contribution < 1.29 is 4.74 Å². The van der Waals surface area contributed by atoms with Crippen LogP contribution >= 0.6 is 0 Å². The van der Waals surface area contributed by atoms with E-state index < -0.39 is 0 Å². The van der Waals surface area contributed by atoms with Gasteiger partial charge in [-0.3, -0.25) is 0 Å². The van der Waals surface area contributed by atoms with Gasteiger partial charge in [0.15, 0.2) is 0 Å². The number of aromatic nitrogens is 2. The number of hydrogen-bond acceptors (Lipinski definition) is 5. The van der Waals surface area contributed by atoms with Gasteiger partial charge in [0.1, 0.15) is 18.0 Å². The Hall–Kier alpha value is -1.36. The van der Waals surface area contributed by atoms with E-state index in [1.54, 1.807) is 6.33 Å². The monoisotopic (exact) mass is 278 g/mol. The largest absolute Gasteiger partial charge is 0.381 e. The molecule has 0 spiro atoms. The molecule has 1 fully saturated rings. The molecule has 1 aromatic heterocycles. The van der Waals surface area contributed by atoms with E-state index in [1.165, 1.54) is 5.56 Å². The van der Waals surface area contributed by atoms with E-state index in [0.29, 0.717) is 5.92 Å². The predicted octanol–water partition coefficient (Wildman–Crippen LogP) is 2.70. The third-order valence-electron chi connectivity index (χ3n) is 3.69. The van der Waals surface area contributed by atoms with Crippen LogP contribution in [0.15, 0.2) is 6.33 Å². The van der Waals surface area contributed by atoms with Crippen molar-refractivity contribution in [3.63, 3.8) is 0 Å². The minimum Gasteiger partial charge on any atom is -0.381 e. The Labute approximate surface area is 121 Å². The third-order valence-corrected chi connectivity index (χ3v) is 3.69. The lowest BCUT2D eigenvalue weighted by Gasteiger charge is -2.23. The first-order valence-electron chi connectivity index (χ1n) is 7.74. The molecule has 2 N–H and O–H groups in total. The maximum Gasteiger partial charge on any atom is 0.134 e. The van der Waals surface area contributed by atoms with Gasteiger partial charge in [0.2, 0.25) is 0 Å². The van der Waals surface area contributed by atoms with Crippen LogP contribution in [0.1, 0.15) is 38.7 Å². The minimum absolute atomic E-state index is 0.691. The SMILES string of the molecule is CCCc1c(NCC)ncnc1NCC1CCOCC1. The summed E-state index contributed by atoms with van der Waals surface area (Å²) in [5.74, 6) is 2.65. The Morgan fingerprint density at radius 2 is 1.85 bits per heavy atom. The molecule has 20 heavy (non-hydrogen) atoms. The first-order valence-corrected chi connectivity index (χ1v) is 7.74. The molecule has 0 aromatic carbocycles. The van der Waals surface area contributed by atoms with Gasteiger partial charge >= 0.3 is 0 Å². The highest BCUT2D eigenvalue weighted by molar-refractivity contribution is 5.57. The van der Waals surface area contributed by atoms with Crippen LogP contribution in [0.25, 0.3) is 0 Å². The molecule has 0 amide bonds. The number of nitrogens with one attached hydrogen (secondary N) is 2. The Morgan fingerprint density at radius 3 is 2.50 bits per heavy atom. The van der Waals surface area contributed by atoms with Gasteiger partial charge < -0.3 is 15.4 Å². The maximum absolute atomic E-state index is 5.40. The van der Waals surface area contributed by atoms with Crippen LogP contribution < -0.4 is 10.6 Å². The summed E-state index contributed by atoms with van der Waals surface area (Å²) in [6.07, 6.45) is 6.02. The summed E-state index contributed by atoms with van der Waals surface area (Å²) in [6, 6.07) is 0. The van der Waals surface area contributed by atoms with Crippen molar-refractivity contribution >= 4 is 11.6 Å². The molecule has 1 aromatic rings. The molecule has 5 nitrogen and oxygen atoms in total. The zero-order chi connectivity index (χ0) is 14.2. The van der Waals surface area contributed by atoms with Crippen molar-refractivity contribution in [1.29, 1.82) is 0 Å². The molecule has 0 bridgehead atoms. The summed E-state index contributed by atoms with van der Waals surface area (Å²) >= 11 is 0. The average Bonchev–Trinajstić information content (AvgIpc) is 2.49. The third kappa shape index (κ3) is 4.07.